The highest BCUT2D eigenvalue weighted by atomic mass is 19.1. The zero-order chi connectivity index (χ0) is 13.9. The van der Waals surface area contributed by atoms with Gasteiger partial charge < -0.3 is 10.4 Å². The van der Waals surface area contributed by atoms with Crippen molar-refractivity contribution in [3.05, 3.63) is 29.6 Å². The predicted octanol–water partition coefficient (Wildman–Crippen LogP) is 3.88. The van der Waals surface area contributed by atoms with Crippen LogP contribution < -0.4 is 5.32 Å². The Bertz CT molecular complexity index is 415. The summed E-state index contributed by atoms with van der Waals surface area (Å²) in [5.41, 5.74) is 1.40. The van der Waals surface area contributed by atoms with Crippen LogP contribution in [0.2, 0.25) is 0 Å². The lowest BCUT2D eigenvalue weighted by Gasteiger charge is -2.41. The highest BCUT2D eigenvalue weighted by molar-refractivity contribution is 5.48. The molecule has 106 valence electrons. The standard InChI is InChI=1S/C16H24FNO/c1-3-13-5-4-6-16(10-13,11-19)18-15-8-12(2)7-14(17)9-15/h7-9,13,18-19H,3-6,10-11H2,1-2H3. The zero-order valence-electron chi connectivity index (χ0n) is 11.9. The quantitative estimate of drug-likeness (QED) is 0.866. The minimum absolute atomic E-state index is 0.110. The Kier molecular flexibility index (Phi) is 4.46. The SMILES string of the molecule is CCC1CCCC(CO)(Nc2cc(C)cc(F)c2)C1. The van der Waals surface area contributed by atoms with Crippen molar-refractivity contribution in [2.75, 3.05) is 11.9 Å². The van der Waals surface area contributed by atoms with Crippen LogP contribution in [0, 0.1) is 18.7 Å². The molecule has 1 aromatic rings. The van der Waals surface area contributed by atoms with Crippen LogP contribution in [0.15, 0.2) is 18.2 Å². The first-order valence-corrected chi connectivity index (χ1v) is 7.23. The first-order valence-electron chi connectivity index (χ1n) is 7.23. The van der Waals surface area contributed by atoms with Crippen molar-refractivity contribution in [1.82, 2.24) is 0 Å². The van der Waals surface area contributed by atoms with E-state index in [1.807, 2.05) is 13.0 Å². The Morgan fingerprint density at radius 3 is 2.84 bits per heavy atom. The molecule has 1 fully saturated rings. The second-order valence-electron chi connectivity index (χ2n) is 5.95. The van der Waals surface area contributed by atoms with Crippen molar-refractivity contribution in [1.29, 1.82) is 0 Å². The van der Waals surface area contributed by atoms with Crippen molar-refractivity contribution in [2.24, 2.45) is 5.92 Å². The molecule has 0 radical (unpaired) electrons. The number of aliphatic hydroxyl groups excluding tert-OH is 1. The van der Waals surface area contributed by atoms with Gasteiger partial charge in [-0.15, -0.1) is 0 Å². The molecule has 2 rings (SSSR count). The molecule has 0 bridgehead atoms. The smallest absolute Gasteiger partial charge is 0.125 e. The molecule has 0 saturated heterocycles. The first kappa shape index (κ1) is 14.3. The van der Waals surface area contributed by atoms with E-state index in [0.717, 1.165) is 36.9 Å². The summed E-state index contributed by atoms with van der Waals surface area (Å²) in [4.78, 5) is 0. The minimum Gasteiger partial charge on any atom is -0.394 e. The van der Waals surface area contributed by atoms with Crippen LogP contribution in [0.5, 0.6) is 0 Å². The maximum Gasteiger partial charge on any atom is 0.125 e. The molecule has 0 aromatic heterocycles. The molecule has 19 heavy (non-hydrogen) atoms. The summed E-state index contributed by atoms with van der Waals surface area (Å²) >= 11 is 0. The van der Waals surface area contributed by atoms with Gasteiger partial charge in [0.2, 0.25) is 0 Å². The molecule has 0 aliphatic heterocycles. The monoisotopic (exact) mass is 265 g/mol. The van der Waals surface area contributed by atoms with Gasteiger partial charge in [-0.05, 0) is 49.4 Å². The molecule has 3 heteroatoms. The van der Waals surface area contributed by atoms with Gasteiger partial charge in [-0.2, -0.15) is 0 Å². The predicted molar refractivity (Wildman–Crippen MR) is 76.8 cm³/mol. The Morgan fingerprint density at radius 1 is 1.42 bits per heavy atom. The molecule has 2 atom stereocenters. The summed E-state index contributed by atoms with van der Waals surface area (Å²) in [6.07, 6.45) is 5.43. The van der Waals surface area contributed by atoms with Gasteiger partial charge in [0.05, 0.1) is 12.1 Å². The maximum absolute atomic E-state index is 13.5. The molecule has 0 spiro atoms. The van der Waals surface area contributed by atoms with Gasteiger partial charge in [0, 0.05) is 5.69 Å². The second-order valence-corrected chi connectivity index (χ2v) is 5.95. The third kappa shape index (κ3) is 3.47. The Hall–Kier alpha value is -1.09. The number of aryl methyl sites for hydroxylation is 1. The summed E-state index contributed by atoms with van der Waals surface area (Å²) in [5, 5.41) is 13.2. The lowest BCUT2D eigenvalue weighted by Crippen LogP contribution is -2.46. The average molecular weight is 265 g/mol. The van der Waals surface area contributed by atoms with Crippen molar-refractivity contribution in [2.45, 2.75) is 51.5 Å². The van der Waals surface area contributed by atoms with E-state index in [9.17, 15) is 9.50 Å². The minimum atomic E-state index is -0.279. The van der Waals surface area contributed by atoms with Crippen LogP contribution in [-0.2, 0) is 0 Å². The summed E-state index contributed by atoms with van der Waals surface area (Å²) in [5.74, 6) is 0.432. The molecular weight excluding hydrogens is 241 g/mol. The highest BCUT2D eigenvalue weighted by Crippen LogP contribution is 2.36. The highest BCUT2D eigenvalue weighted by Gasteiger charge is 2.35. The summed E-state index contributed by atoms with van der Waals surface area (Å²) in [6.45, 7) is 4.19. The van der Waals surface area contributed by atoms with Crippen molar-refractivity contribution < 1.29 is 9.50 Å². The van der Waals surface area contributed by atoms with Gasteiger partial charge in [-0.1, -0.05) is 26.2 Å². The van der Waals surface area contributed by atoms with E-state index in [1.165, 1.54) is 18.6 Å². The van der Waals surface area contributed by atoms with Gasteiger partial charge in [0.25, 0.3) is 0 Å². The van der Waals surface area contributed by atoms with Crippen LogP contribution in [0.1, 0.15) is 44.6 Å². The van der Waals surface area contributed by atoms with Gasteiger partial charge in [-0.25, -0.2) is 4.39 Å². The van der Waals surface area contributed by atoms with Crippen LogP contribution >= 0.6 is 0 Å². The number of benzene rings is 1. The van der Waals surface area contributed by atoms with Crippen molar-refractivity contribution in [3.63, 3.8) is 0 Å². The molecule has 0 heterocycles. The number of aliphatic hydroxyl groups is 1. The van der Waals surface area contributed by atoms with E-state index in [0.29, 0.717) is 5.92 Å². The second kappa shape index (κ2) is 5.91. The van der Waals surface area contributed by atoms with E-state index in [4.69, 9.17) is 0 Å². The van der Waals surface area contributed by atoms with Crippen molar-refractivity contribution >= 4 is 5.69 Å². The third-order valence-corrected chi connectivity index (χ3v) is 4.28. The number of hydrogen-bond donors (Lipinski definition) is 2. The zero-order valence-corrected chi connectivity index (χ0v) is 11.9. The summed E-state index contributed by atoms with van der Waals surface area (Å²) in [7, 11) is 0. The molecule has 1 aliphatic carbocycles. The van der Waals surface area contributed by atoms with Gasteiger partial charge >= 0.3 is 0 Å². The Labute approximate surface area is 115 Å². The first-order chi connectivity index (χ1) is 9.07. The molecule has 1 saturated carbocycles. The largest absolute Gasteiger partial charge is 0.394 e. The molecule has 1 aliphatic rings. The average Bonchev–Trinajstić information content (AvgIpc) is 2.37. The van der Waals surface area contributed by atoms with E-state index < -0.39 is 0 Å². The molecule has 0 amide bonds. The fraction of sp³-hybridized carbons (Fsp3) is 0.625. The number of hydrogen-bond acceptors (Lipinski definition) is 2. The number of nitrogens with one attached hydrogen (secondary N) is 1. The van der Waals surface area contributed by atoms with Gasteiger partial charge in [-0.3, -0.25) is 0 Å². The van der Waals surface area contributed by atoms with E-state index in [1.54, 1.807) is 0 Å². The molecule has 2 unspecified atom stereocenters. The van der Waals surface area contributed by atoms with E-state index in [-0.39, 0.29) is 18.0 Å². The fourth-order valence-electron chi connectivity index (χ4n) is 3.25. The lowest BCUT2D eigenvalue weighted by molar-refractivity contribution is 0.142. The van der Waals surface area contributed by atoms with Crippen molar-refractivity contribution in [3.8, 4) is 0 Å². The number of halogens is 1. The Morgan fingerprint density at radius 2 is 2.21 bits per heavy atom. The summed E-state index contributed by atoms with van der Waals surface area (Å²) in [6, 6.07) is 4.97. The third-order valence-electron chi connectivity index (χ3n) is 4.28. The molecule has 2 N–H and O–H groups in total. The molecule has 2 nitrogen and oxygen atoms in total. The van der Waals surface area contributed by atoms with Gasteiger partial charge in [0.15, 0.2) is 0 Å². The number of anilines is 1. The van der Waals surface area contributed by atoms with E-state index in [2.05, 4.69) is 12.2 Å². The fourth-order valence-corrected chi connectivity index (χ4v) is 3.25. The number of rotatable bonds is 4. The topological polar surface area (TPSA) is 32.3 Å². The lowest BCUT2D eigenvalue weighted by atomic mass is 9.75. The summed E-state index contributed by atoms with van der Waals surface area (Å²) < 4.78 is 13.5. The van der Waals surface area contributed by atoms with Gasteiger partial charge in [0.1, 0.15) is 5.82 Å². The maximum atomic E-state index is 13.5. The van der Waals surface area contributed by atoms with Crippen LogP contribution in [0.25, 0.3) is 0 Å². The Balaban J connectivity index is 2.17. The normalized spacial score (nSPS) is 27.3. The molecule has 1 aromatic carbocycles. The molecular formula is C16H24FNO. The van der Waals surface area contributed by atoms with E-state index >= 15 is 0 Å². The van der Waals surface area contributed by atoms with Crippen LogP contribution in [0.3, 0.4) is 0 Å². The van der Waals surface area contributed by atoms with Crippen LogP contribution in [-0.4, -0.2) is 17.3 Å². The van der Waals surface area contributed by atoms with Crippen LogP contribution in [0.4, 0.5) is 10.1 Å².